The minimum absolute atomic E-state index is 0.0246. The molecule has 12 nitrogen and oxygen atoms in total. The number of carbonyl (C=O) groups is 9. The van der Waals surface area contributed by atoms with Crippen LogP contribution in [0.25, 0.3) is 0 Å². The number of ether oxygens (including phenoxy) is 1. The Labute approximate surface area is 757 Å². The number of thioether (sulfide) groups is 1. The van der Waals surface area contributed by atoms with Crippen LogP contribution >= 0.6 is 27.7 Å². The van der Waals surface area contributed by atoms with Gasteiger partial charge in [-0.2, -0.15) is 0 Å². The third-order valence-electron chi connectivity index (χ3n) is 20.8. The average Bonchev–Trinajstić information content (AvgIpc) is 1.61. The smallest absolute Gasteiger partial charge is 0.145 e. The molecular weight excluding hydrogens is 1640 g/mol. The molecule has 0 amide bonds. The van der Waals surface area contributed by atoms with Crippen LogP contribution in [0.1, 0.15) is 244 Å². The zero-order valence-corrected chi connectivity index (χ0v) is 80.7. The minimum Gasteiger partial charge on any atom is -0.399 e. The Hall–Kier alpha value is -8.80. The van der Waals surface area contributed by atoms with E-state index in [-0.39, 0.29) is 71.4 Å². The summed E-state index contributed by atoms with van der Waals surface area (Å²) in [5, 5.41) is 9.11. The molecule has 1 aliphatic heterocycles. The summed E-state index contributed by atoms with van der Waals surface area (Å²) in [6.07, 6.45) is 12.5. The molecule has 1 heterocycles. The van der Waals surface area contributed by atoms with Gasteiger partial charge in [-0.25, -0.2) is 8.78 Å². The maximum Gasteiger partial charge on any atom is 0.145 e. The third kappa shape index (κ3) is 53.5. The fourth-order valence-corrected chi connectivity index (χ4v) is 13.1. The molecule has 9 rings (SSSR count). The molecule has 1 saturated heterocycles. The van der Waals surface area contributed by atoms with Gasteiger partial charge in [0.05, 0.1) is 12.4 Å². The highest BCUT2D eigenvalue weighted by molar-refractivity contribution is 9.10. The first-order chi connectivity index (χ1) is 58.6. The van der Waals surface area contributed by atoms with E-state index in [0.717, 1.165) is 103 Å². The second-order valence-electron chi connectivity index (χ2n) is 34.3. The highest BCUT2D eigenvalue weighted by atomic mass is 79.9. The standard InChI is InChI=1S/C13H18O2.2C13H18O.C12H15BrO.C12H14F2O.C12H17NO.C12H16O.C11H14OS.C10H18O2/c1-10(2)13(15)8-7-11-5-3-4-6-12(11)9-14;2*1-10(2)13(14)9-8-12-7-5-4-6-11(12)3;1-9(2)12(14)8-7-10-5-3-4-6-11(10)13;1-8(2)12(15)4-3-9-5-10(13)7-11(14)6-9;1-9(2)12(14)8-5-10-3-6-11(13)7-4-10;1-10(2)12(13)9-8-11-6-4-3-5-7-11;1-9(2)11(12)8-13-10-6-4-3-5-7-10;1-8(2)10(11)4-3-9-5-6-12-7-9/h3-6,10,14H,7-9H2,1-2H3;2*4-7,10H,8-9H2,1-3H3;3-6,9H,7-8H2,1-2H3;5-8H,3-4H2,1-2H3;3-4,6-7,9H,5,8,13H2,1-2H3;3-7,10H,8-9H2,1-2H3;3-7,9H,8H2,1-2H3;8-9H,3-7H2,1-2H3. The van der Waals surface area contributed by atoms with Crippen LogP contribution in [0.15, 0.2) is 210 Å². The molecule has 8 aromatic rings. The van der Waals surface area contributed by atoms with Gasteiger partial charge in [0.25, 0.3) is 0 Å². The Morgan fingerprint density at radius 1 is 0.363 bits per heavy atom. The van der Waals surface area contributed by atoms with Crippen molar-refractivity contribution in [1.82, 2.24) is 0 Å². The van der Waals surface area contributed by atoms with Gasteiger partial charge < -0.3 is 15.6 Å². The van der Waals surface area contributed by atoms with E-state index in [2.05, 4.69) is 72.2 Å². The summed E-state index contributed by atoms with van der Waals surface area (Å²) in [4.78, 5) is 103. The number of anilines is 1. The molecule has 0 saturated carbocycles. The van der Waals surface area contributed by atoms with Crippen LogP contribution in [0.4, 0.5) is 14.5 Å². The quantitative estimate of drug-likeness (QED) is 0.0275. The summed E-state index contributed by atoms with van der Waals surface area (Å²) in [5.74, 6) is 4.07. The lowest BCUT2D eigenvalue weighted by Crippen LogP contribution is -2.09. The molecule has 1 atom stereocenters. The highest BCUT2D eigenvalue weighted by Crippen LogP contribution is 2.23. The first kappa shape index (κ1) is 113. The minimum atomic E-state index is -0.595. The Morgan fingerprint density at radius 2 is 0.669 bits per heavy atom. The predicted octanol–water partition coefficient (Wildman–Crippen LogP) is 25.7. The fourth-order valence-electron chi connectivity index (χ4n) is 11.7. The molecule has 0 bridgehead atoms. The molecule has 0 aromatic heterocycles. The number of ketones is 9. The monoisotopic (exact) mass is 1780 g/mol. The Bertz CT molecular complexity index is 4140. The molecule has 3 N–H and O–H groups in total. The molecule has 8 aromatic carbocycles. The number of aliphatic hydroxyl groups is 1. The molecule has 124 heavy (non-hydrogen) atoms. The van der Waals surface area contributed by atoms with Crippen molar-refractivity contribution in [2.24, 2.45) is 59.2 Å². The second-order valence-corrected chi connectivity index (χ2v) is 36.2. The fraction of sp³-hybridized carbons (Fsp3) is 0.472. The summed E-state index contributed by atoms with van der Waals surface area (Å²) in [6, 6.07) is 63.4. The highest BCUT2D eigenvalue weighted by Gasteiger charge is 2.19. The summed E-state index contributed by atoms with van der Waals surface area (Å²) in [7, 11) is 0. The van der Waals surface area contributed by atoms with Crippen LogP contribution < -0.4 is 5.73 Å². The number of benzene rings is 8. The molecule has 678 valence electrons. The number of Topliss-reactive ketones (excluding diaryl/α,β-unsaturated/α-hetero) is 9. The normalized spacial score (nSPS) is 11.8. The molecule has 0 radical (unpaired) electrons. The molecule has 16 heteroatoms. The van der Waals surface area contributed by atoms with E-state index < -0.39 is 11.6 Å². The topological polar surface area (TPSA) is 209 Å². The largest absolute Gasteiger partial charge is 0.399 e. The van der Waals surface area contributed by atoms with E-state index in [1.54, 1.807) is 11.8 Å². The van der Waals surface area contributed by atoms with Crippen molar-refractivity contribution in [3.8, 4) is 0 Å². The van der Waals surface area contributed by atoms with Crippen molar-refractivity contribution >= 4 is 85.4 Å². The zero-order valence-electron chi connectivity index (χ0n) is 78.3. The molecule has 1 unspecified atom stereocenters. The van der Waals surface area contributed by atoms with E-state index >= 15 is 0 Å². The number of nitrogens with two attached hydrogens (primary N) is 1. The van der Waals surface area contributed by atoms with Gasteiger partial charge in [-0.15, -0.1) is 11.8 Å². The van der Waals surface area contributed by atoms with Gasteiger partial charge in [0.1, 0.15) is 63.7 Å². The van der Waals surface area contributed by atoms with Crippen molar-refractivity contribution in [1.29, 1.82) is 0 Å². The van der Waals surface area contributed by atoms with Crippen LogP contribution in [-0.2, 0) is 99.4 Å². The van der Waals surface area contributed by atoms with Crippen LogP contribution in [0, 0.1) is 84.7 Å². The molecule has 0 spiro atoms. The van der Waals surface area contributed by atoms with Crippen LogP contribution in [0.5, 0.6) is 0 Å². The van der Waals surface area contributed by atoms with Gasteiger partial charge >= 0.3 is 0 Å². The molecule has 1 aliphatic rings. The summed E-state index contributed by atoms with van der Waals surface area (Å²) in [5.41, 5.74) is 17.6. The Morgan fingerprint density at radius 3 is 1.03 bits per heavy atom. The van der Waals surface area contributed by atoms with E-state index in [0.29, 0.717) is 109 Å². The molecule has 1 fully saturated rings. The van der Waals surface area contributed by atoms with Gasteiger partial charge in [-0.1, -0.05) is 292 Å². The number of nitrogen functional groups attached to an aromatic ring is 1. The number of rotatable bonds is 37. The van der Waals surface area contributed by atoms with Gasteiger partial charge in [-0.05, 0) is 176 Å². The van der Waals surface area contributed by atoms with Crippen LogP contribution in [0.2, 0.25) is 0 Å². The lowest BCUT2D eigenvalue weighted by atomic mass is 9.97. The zero-order chi connectivity index (χ0) is 93.2. The number of carbonyl (C=O) groups excluding carboxylic acids is 9. The SMILES string of the molecule is CC(C)C(=O)CCC1CCOC1.CC(C)C(=O)CCc1cc(F)cc(F)c1.CC(C)C(=O)CCc1ccc(N)cc1.CC(C)C(=O)CCc1ccccc1.CC(C)C(=O)CCc1ccccc1Br.CC(C)C(=O)CCc1ccccc1CO.CC(C)C(=O)CSc1ccccc1.Cc1ccccc1CCC(=O)C(C)C.Cc1ccccc1CCC(=O)C(C)C. The Balaban J connectivity index is 0.000000698. The molecule has 0 aliphatic carbocycles. The summed E-state index contributed by atoms with van der Waals surface area (Å²) >= 11 is 5.08. The van der Waals surface area contributed by atoms with Crippen molar-refractivity contribution in [2.45, 2.75) is 259 Å². The number of aliphatic hydroxyl groups excluding tert-OH is 1. The maximum absolute atomic E-state index is 12.8. The number of halogens is 3. The molecular formula is C108H148BrF2NO11S. The Kier molecular flexibility index (Phi) is 60.0. The third-order valence-corrected chi connectivity index (χ3v) is 22.6. The lowest BCUT2D eigenvalue weighted by molar-refractivity contribution is -0.122. The predicted molar refractivity (Wildman–Crippen MR) is 515 cm³/mol. The first-order valence-electron chi connectivity index (χ1n) is 44.5. The number of aryl methyl sites for hydroxylation is 9. The van der Waals surface area contributed by atoms with Crippen molar-refractivity contribution in [3.63, 3.8) is 0 Å². The van der Waals surface area contributed by atoms with Gasteiger partial charge in [0.15, 0.2) is 0 Å². The summed E-state index contributed by atoms with van der Waals surface area (Å²) < 4.78 is 31.9. The number of hydrogen-bond acceptors (Lipinski definition) is 13. The van der Waals surface area contributed by atoms with Gasteiger partial charge in [0, 0.05) is 139 Å². The maximum atomic E-state index is 12.8. The second kappa shape index (κ2) is 65.7. The average molecular weight is 1790 g/mol. The van der Waals surface area contributed by atoms with Crippen LogP contribution in [-0.4, -0.2) is 76.1 Å². The van der Waals surface area contributed by atoms with Gasteiger partial charge in [-0.3, -0.25) is 43.2 Å². The first-order valence-corrected chi connectivity index (χ1v) is 46.3. The van der Waals surface area contributed by atoms with Crippen molar-refractivity contribution in [2.75, 3.05) is 24.7 Å². The van der Waals surface area contributed by atoms with Crippen molar-refractivity contribution < 1.29 is 61.8 Å². The van der Waals surface area contributed by atoms with Gasteiger partial charge in [0.2, 0.25) is 0 Å². The summed E-state index contributed by atoms with van der Waals surface area (Å²) in [6.45, 7) is 40.8. The van der Waals surface area contributed by atoms with Crippen LogP contribution in [0.3, 0.4) is 0 Å². The van der Waals surface area contributed by atoms with E-state index in [1.807, 2.05) is 264 Å². The lowest BCUT2D eigenvalue weighted by Gasteiger charge is -2.07. The van der Waals surface area contributed by atoms with E-state index in [1.165, 1.54) is 51.1 Å². The number of hydrogen-bond donors (Lipinski definition) is 2. The van der Waals surface area contributed by atoms with Crippen molar-refractivity contribution in [3.05, 3.63) is 272 Å². The van der Waals surface area contributed by atoms with E-state index in [4.69, 9.17) is 15.6 Å². The van der Waals surface area contributed by atoms with E-state index in [9.17, 15) is 51.9 Å².